The molecule has 0 spiro atoms. The molecule has 3 heterocycles. The molecule has 1 unspecified atom stereocenters. The lowest BCUT2D eigenvalue weighted by molar-refractivity contribution is -0.131. The topological polar surface area (TPSA) is 26.8 Å². The van der Waals surface area contributed by atoms with Crippen LogP contribution < -0.4 is 0 Å². The fourth-order valence-corrected chi connectivity index (χ4v) is 6.16. The fraction of sp³-hybridized carbons (Fsp3) is 0.957. The van der Waals surface area contributed by atoms with Gasteiger partial charge in [0.05, 0.1) is 0 Å². The van der Waals surface area contributed by atoms with Gasteiger partial charge in [0.1, 0.15) is 0 Å². The van der Waals surface area contributed by atoms with Crippen molar-refractivity contribution in [1.29, 1.82) is 0 Å². The minimum Gasteiger partial charge on any atom is -0.342 e. The summed E-state index contributed by atoms with van der Waals surface area (Å²) in [5, 5.41) is 0. The standard InChI is InChI=1S/C23H41N3O/c27-23-10-9-21(13-18-26(23)19-20-7-3-1-4-8-20)25-16-11-22(12-17-25)24-14-5-2-6-15-24/h20-22H,1-19H2. The van der Waals surface area contributed by atoms with Gasteiger partial charge < -0.3 is 14.7 Å². The summed E-state index contributed by atoms with van der Waals surface area (Å²) in [4.78, 5) is 20.4. The average Bonchev–Trinajstić information content (AvgIpc) is 2.92. The van der Waals surface area contributed by atoms with Crippen LogP contribution in [0.1, 0.15) is 83.5 Å². The van der Waals surface area contributed by atoms with Crippen molar-refractivity contribution in [2.45, 2.75) is 95.6 Å². The second kappa shape index (κ2) is 9.73. The van der Waals surface area contributed by atoms with Crippen molar-refractivity contribution in [3.05, 3.63) is 0 Å². The summed E-state index contributed by atoms with van der Waals surface area (Å²) in [5.74, 6) is 1.21. The highest BCUT2D eigenvalue weighted by Gasteiger charge is 2.32. The molecule has 4 fully saturated rings. The summed E-state index contributed by atoms with van der Waals surface area (Å²) in [6, 6.07) is 1.48. The van der Waals surface area contributed by atoms with Crippen LogP contribution in [0.5, 0.6) is 0 Å². The number of carbonyl (C=O) groups is 1. The highest BCUT2D eigenvalue weighted by atomic mass is 16.2. The van der Waals surface area contributed by atoms with Crippen molar-refractivity contribution >= 4 is 5.91 Å². The summed E-state index contributed by atoms with van der Waals surface area (Å²) in [5.41, 5.74) is 0. The molecule has 0 aromatic carbocycles. The molecule has 0 aromatic heterocycles. The maximum Gasteiger partial charge on any atom is 0.222 e. The van der Waals surface area contributed by atoms with Gasteiger partial charge in [-0.2, -0.15) is 0 Å². The number of likely N-dealkylation sites (tertiary alicyclic amines) is 3. The van der Waals surface area contributed by atoms with Crippen molar-refractivity contribution in [3.8, 4) is 0 Å². The predicted molar refractivity (Wildman–Crippen MR) is 111 cm³/mol. The van der Waals surface area contributed by atoms with Gasteiger partial charge in [-0.3, -0.25) is 4.79 Å². The van der Waals surface area contributed by atoms with Gasteiger partial charge in [0.2, 0.25) is 5.91 Å². The van der Waals surface area contributed by atoms with E-state index in [9.17, 15) is 4.79 Å². The number of piperidine rings is 2. The molecule has 1 amide bonds. The largest absolute Gasteiger partial charge is 0.342 e. The molecule has 0 radical (unpaired) electrons. The van der Waals surface area contributed by atoms with E-state index in [2.05, 4.69) is 14.7 Å². The van der Waals surface area contributed by atoms with Crippen LogP contribution in [0.2, 0.25) is 0 Å². The normalized spacial score (nSPS) is 31.2. The van der Waals surface area contributed by atoms with Crippen molar-refractivity contribution in [2.24, 2.45) is 5.92 Å². The lowest BCUT2D eigenvalue weighted by Gasteiger charge is -2.42. The van der Waals surface area contributed by atoms with E-state index in [1.54, 1.807) is 0 Å². The molecule has 0 aromatic rings. The molecule has 3 aliphatic heterocycles. The van der Waals surface area contributed by atoms with Crippen LogP contribution in [-0.4, -0.2) is 72.0 Å². The monoisotopic (exact) mass is 375 g/mol. The molecule has 1 aliphatic carbocycles. The Hall–Kier alpha value is -0.610. The maximum atomic E-state index is 12.7. The van der Waals surface area contributed by atoms with Crippen molar-refractivity contribution in [2.75, 3.05) is 39.3 Å². The molecule has 1 saturated carbocycles. The van der Waals surface area contributed by atoms with Gasteiger partial charge in [0.25, 0.3) is 0 Å². The summed E-state index contributed by atoms with van der Waals surface area (Å²) in [6.07, 6.45) is 16.8. The predicted octanol–water partition coefficient (Wildman–Crippen LogP) is 3.90. The Bertz CT molecular complexity index is 462. The maximum absolute atomic E-state index is 12.7. The Labute approximate surface area is 166 Å². The fourth-order valence-electron chi connectivity index (χ4n) is 6.16. The van der Waals surface area contributed by atoms with Crippen molar-refractivity contribution < 1.29 is 4.79 Å². The lowest BCUT2D eigenvalue weighted by Crippen LogP contribution is -2.49. The third-order valence-corrected chi connectivity index (χ3v) is 7.90. The van der Waals surface area contributed by atoms with Gasteiger partial charge in [0.15, 0.2) is 0 Å². The Balaban J connectivity index is 1.23. The lowest BCUT2D eigenvalue weighted by atomic mass is 9.89. The van der Waals surface area contributed by atoms with E-state index < -0.39 is 0 Å². The van der Waals surface area contributed by atoms with Gasteiger partial charge in [-0.25, -0.2) is 0 Å². The minimum atomic E-state index is 0.436. The zero-order valence-corrected chi connectivity index (χ0v) is 17.4. The summed E-state index contributed by atoms with van der Waals surface area (Å²) >= 11 is 0. The molecular weight excluding hydrogens is 334 g/mol. The quantitative estimate of drug-likeness (QED) is 0.746. The molecule has 3 saturated heterocycles. The van der Waals surface area contributed by atoms with Gasteiger partial charge in [-0.1, -0.05) is 25.7 Å². The highest BCUT2D eigenvalue weighted by molar-refractivity contribution is 5.76. The summed E-state index contributed by atoms with van der Waals surface area (Å²) < 4.78 is 0. The number of rotatable bonds is 4. The van der Waals surface area contributed by atoms with E-state index in [0.29, 0.717) is 11.9 Å². The van der Waals surface area contributed by atoms with E-state index in [1.807, 2.05) is 0 Å². The number of amides is 1. The van der Waals surface area contributed by atoms with Gasteiger partial charge in [0, 0.05) is 31.6 Å². The first-order valence-electron chi connectivity index (χ1n) is 12.1. The number of hydrogen-bond donors (Lipinski definition) is 0. The van der Waals surface area contributed by atoms with Crippen molar-refractivity contribution in [3.63, 3.8) is 0 Å². The van der Waals surface area contributed by atoms with Gasteiger partial charge in [-0.15, -0.1) is 0 Å². The zero-order valence-electron chi connectivity index (χ0n) is 17.4. The number of hydrogen-bond acceptors (Lipinski definition) is 3. The molecule has 4 nitrogen and oxygen atoms in total. The van der Waals surface area contributed by atoms with Crippen LogP contribution in [0.4, 0.5) is 0 Å². The smallest absolute Gasteiger partial charge is 0.222 e. The number of nitrogens with zero attached hydrogens (tertiary/aromatic N) is 3. The van der Waals surface area contributed by atoms with E-state index in [4.69, 9.17) is 0 Å². The van der Waals surface area contributed by atoms with Crippen LogP contribution >= 0.6 is 0 Å². The Morgan fingerprint density at radius 2 is 1.22 bits per heavy atom. The van der Waals surface area contributed by atoms with Crippen LogP contribution in [0.3, 0.4) is 0 Å². The minimum absolute atomic E-state index is 0.436. The second-order valence-corrected chi connectivity index (χ2v) is 9.69. The summed E-state index contributed by atoms with van der Waals surface area (Å²) in [7, 11) is 0. The van der Waals surface area contributed by atoms with E-state index in [0.717, 1.165) is 37.9 Å². The van der Waals surface area contributed by atoms with Gasteiger partial charge in [-0.05, 0) is 83.5 Å². The molecule has 0 N–H and O–H groups in total. The molecule has 1 atom stereocenters. The van der Waals surface area contributed by atoms with Crippen LogP contribution in [0, 0.1) is 5.92 Å². The molecule has 4 rings (SSSR count). The second-order valence-electron chi connectivity index (χ2n) is 9.69. The van der Waals surface area contributed by atoms with Crippen molar-refractivity contribution in [1.82, 2.24) is 14.7 Å². The first-order chi connectivity index (χ1) is 13.3. The van der Waals surface area contributed by atoms with E-state index >= 15 is 0 Å². The first kappa shape index (κ1) is 19.7. The molecule has 4 aliphatic rings. The Morgan fingerprint density at radius 1 is 0.630 bits per heavy atom. The van der Waals surface area contributed by atoms with Crippen LogP contribution in [0.15, 0.2) is 0 Å². The third-order valence-electron chi connectivity index (χ3n) is 7.90. The number of carbonyl (C=O) groups excluding carboxylic acids is 1. The SMILES string of the molecule is O=C1CCC(N2CCC(N3CCCCC3)CC2)CCN1CC1CCCCC1. The van der Waals surface area contributed by atoms with E-state index in [-0.39, 0.29) is 0 Å². The average molecular weight is 376 g/mol. The zero-order chi connectivity index (χ0) is 18.5. The van der Waals surface area contributed by atoms with Crippen LogP contribution in [-0.2, 0) is 4.79 Å². The molecular formula is C23H41N3O. The highest BCUT2D eigenvalue weighted by Crippen LogP contribution is 2.28. The Kier molecular flexibility index (Phi) is 7.10. The van der Waals surface area contributed by atoms with E-state index in [1.165, 1.54) is 96.8 Å². The third kappa shape index (κ3) is 5.26. The molecule has 27 heavy (non-hydrogen) atoms. The summed E-state index contributed by atoms with van der Waals surface area (Å²) in [6.45, 7) is 7.22. The first-order valence-corrected chi connectivity index (χ1v) is 12.1. The molecule has 0 bridgehead atoms. The van der Waals surface area contributed by atoms with Crippen LogP contribution in [0.25, 0.3) is 0 Å². The Morgan fingerprint density at radius 3 is 1.96 bits per heavy atom. The molecule has 4 heteroatoms. The molecule has 154 valence electrons. The van der Waals surface area contributed by atoms with Gasteiger partial charge >= 0.3 is 0 Å².